The number of nitrogens with one attached hydrogen (secondary N) is 4. The first-order valence-corrected chi connectivity index (χ1v) is 23.6. The highest BCUT2D eigenvalue weighted by molar-refractivity contribution is 7.81. The number of ether oxygens (including phenoxy) is 7. The molecule has 0 aliphatic carbocycles. The van der Waals surface area contributed by atoms with Gasteiger partial charge in [0.1, 0.15) is 13.2 Å². The lowest BCUT2D eigenvalue weighted by Crippen LogP contribution is -2.19. The largest absolute Gasteiger partial charge is 0.493 e. The Balaban J connectivity index is 0.597. The van der Waals surface area contributed by atoms with Crippen LogP contribution in [0.1, 0.15) is 0 Å². The Morgan fingerprint density at radius 2 is 0.710 bits per heavy atom. The fraction of sp³-hybridized carbons (Fsp3) is 0.179. The van der Waals surface area contributed by atoms with E-state index in [0.29, 0.717) is 86.1 Å². The number of hydrogen-bond acceptors (Lipinski definition) is 9. The lowest BCUT2D eigenvalue weighted by atomic mass is 9.93. The second kappa shape index (κ2) is 20.9. The zero-order valence-electron chi connectivity index (χ0n) is 38.2. The third kappa shape index (κ3) is 10.0. The summed E-state index contributed by atoms with van der Waals surface area (Å²) in [7, 11) is 3.22. The zero-order valence-corrected chi connectivity index (χ0v) is 39.8. The van der Waals surface area contributed by atoms with E-state index in [-0.39, 0.29) is 0 Å². The van der Waals surface area contributed by atoms with Crippen LogP contribution in [0.2, 0.25) is 0 Å². The fourth-order valence-electron chi connectivity index (χ4n) is 8.95. The molecule has 0 heterocycles. The van der Waals surface area contributed by atoms with Crippen molar-refractivity contribution >= 4 is 122 Å². The van der Waals surface area contributed by atoms with E-state index in [0.717, 1.165) is 33.5 Å². The lowest BCUT2D eigenvalue weighted by Gasteiger charge is -2.17. The quantitative estimate of drug-likeness (QED) is 0.0331. The zero-order chi connectivity index (χ0) is 47.1. The van der Waals surface area contributed by atoms with Gasteiger partial charge in [-0.3, -0.25) is 0 Å². The van der Waals surface area contributed by atoms with Gasteiger partial charge >= 0.3 is 0 Å². The Bertz CT molecular complexity index is 3180. The summed E-state index contributed by atoms with van der Waals surface area (Å²) in [6, 6.07) is 49.7. The van der Waals surface area contributed by atoms with E-state index < -0.39 is 0 Å². The van der Waals surface area contributed by atoms with Crippen molar-refractivity contribution in [3.05, 3.63) is 146 Å². The van der Waals surface area contributed by atoms with Crippen molar-refractivity contribution in [2.75, 3.05) is 88.3 Å². The van der Waals surface area contributed by atoms with Crippen molar-refractivity contribution in [1.82, 2.24) is 0 Å². The molecule has 0 atom stereocenters. The molecule has 0 amide bonds. The van der Waals surface area contributed by atoms with Crippen molar-refractivity contribution in [3.8, 4) is 23.0 Å². The maximum atomic E-state index is 5.97. The monoisotopic (exact) mass is 954 g/mol. The molecule has 69 heavy (non-hydrogen) atoms. The highest BCUT2D eigenvalue weighted by Gasteiger charge is 2.15. The van der Waals surface area contributed by atoms with Crippen LogP contribution in [-0.2, 0) is 14.2 Å². The minimum absolute atomic E-state index is 0.346. The van der Waals surface area contributed by atoms with Crippen LogP contribution in [0.5, 0.6) is 23.0 Å². The first-order valence-electron chi connectivity index (χ1n) is 22.8. The Hall–Kier alpha value is -7.26. The summed E-state index contributed by atoms with van der Waals surface area (Å²) in [5.74, 6) is 2.36. The maximum absolute atomic E-state index is 5.97. The first kappa shape index (κ1) is 45.5. The summed E-state index contributed by atoms with van der Waals surface area (Å²) in [6.45, 7) is 3.18. The molecule has 13 heteroatoms. The molecule has 0 spiro atoms. The van der Waals surface area contributed by atoms with E-state index >= 15 is 0 Å². The van der Waals surface area contributed by atoms with Gasteiger partial charge in [0.2, 0.25) is 0 Å². The number of benzene rings is 10. The number of anilines is 4. The van der Waals surface area contributed by atoms with E-state index in [1.807, 2.05) is 36.4 Å². The molecule has 10 aromatic carbocycles. The summed E-state index contributed by atoms with van der Waals surface area (Å²) < 4.78 is 40.3. The van der Waals surface area contributed by atoms with E-state index in [1.165, 1.54) is 53.9 Å². The first-order chi connectivity index (χ1) is 33.9. The van der Waals surface area contributed by atoms with E-state index in [2.05, 4.69) is 130 Å². The van der Waals surface area contributed by atoms with E-state index in [9.17, 15) is 0 Å². The summed E-state index contributed by atoms with van der Waals surface area (Å²) in [5, 5.41) is 28.8. The average Bonchev–Trinajstić information content (AvgIpc) is 3.37. The van der Waals surface area contributed by atoms with Gasteiger partial charge in [0.15, 0.2) is 33.2 Å². The van der Waals surface area contributed by atoms with Gasteiger partial charge in [-0.25, -0.2) is 0 Å². The Morgan fingerprint density at radius 3 is 1.10 bits per heavy atom. The van der Waals surface area contributed by atoms with Gasteiger partial charge < -0.3 is 54.4 Å². The molecule has 0 aliphatic rings. The summed E-state index contributed by atoms with van der Waals surface area (Å²) in [5.41, 5.74) is 3.41. The van der Waals surface area contributed by atoms with Gasteiger partial charge in [0, 0.05) is 45.7 Å². The predicted octanol–water partition coefficient (Wildman–Crippen LogP) is 12.6. The summed E-state index contributed by atoms with van der Waals surface area (Å²) >= 11 is 11.5. The van der Waals surface area contributed by atoms with Crippen LogP contribution in [0, 0.1) is 0 Å². The molecule has 0 saturated carbocycles. The number of methoxy groups -OCH3 is 2. The highest BCUT2D eigenvalue weighted by atomic mass is 32.1. The molecule has 10 rings (SSSR count). The van der Waals surface area contributed by atoms with Gasteiger partial charge in [0.25, 0.3) is 0 Å². The van der Waals surface area contributed by atoms with Crippen LogP contribution in [0.3, 0.4) is 0 Å². The maximum Gasteiger partial charge on any atom is 0.175 e. The molecule has 0 bridgehead atoms. The molecule has 4 N–H and O–H groups in total. The van der Waals surface area contributed by atoms with Crippen LogP contribution < -0.4 is 40.2 Å². The van der Waals surface area contributed by atoms with Crippen molar-refractivity contribution in [2.45, 2.75) is 0 Å². The van der Waals surface area contributed by atoms with Crippen LogP contribution in [0.4, 0.5) is 22.7 Å². The van der Waals surface area contributed by atoms with Gasteiger partial charge in [-0.15, -0.1) is 0 Å². The van der Waals surface area contributed by atoms with Crippen LogP contribution in [0.25, 0.3) is 64.6 Å². The molecule has 348 valence electrons. The minimum atomic E-state index is 0.346. The number of hydrogen-bond donors (Lipinski definition) is 4. The predicted molar refractivity (Wildman–Crippen MR) is 289 cm³/mol. The second-order valence-corrected chi connectivity index (χ2v) is 17.2. The van der Waals surface area contributed by atoms with Crippen molar-refractivity contribution < 1.29 is 33.2 Å². The van der Waals surface area contributed by atoms with E-state index in [4.69, 9.17) is 57.6 Å². The van der Waals surface area contributed by atoms with Crippen molar-refractivity contribution in [2.24, 2.45) is 0 Å². The summed E-state index contributed by atoms with van der Waals surface area (Å²) in [6.07, 6.45) is 0. The molecule has 0 saturated heterocycles. The van der Waals surface area contributed by atoms with Gasteiger partial charge in [-0.1, -0.05) is 97.1 Å². The average molecular weight is 955 g/mol. The smallest absolute Gasteiger partial charge is 0.175 e. The second-order valence-electron chi connectivity index (χ2n) is 16.4. The fourth-order valence-corrected chi connectivity index (χ4v) is 9.41. The molecule has 11 nitrogen and oxygen atoms in total. The minimum Gasteiger partial charge on any atom is -0.493 e. The third-order valence-corrected chi connectivity index (χ3v) is 12.5. The van der Waals surface area contributed by atoms with Crippen LogP contribution in [-0.4, -0.2) is 77.3 Å². The van der Waals surface area contributed by atoms with Crippen molar-refractivity contribution in [1.29, 1.82) is 0 Å². The standard InChI is InChI=1S/C56H50N4O7S2/c1-61-49-33-41(57-55(68)59-45-21-15-39-11-9-35-5-3-7-37-13-19-43(45)53(39)51(35)37)17-23-47(49)66-31-29-64-27-25-63-26-28-65-30-32-67-48-24-18-42(34-50(48)62-2)58-56(69)60-46-22-16-40-12-10-36-6-4-8-38-14-20-44(46)54(40)52(36)38/h3-24,33-34H,25-32H2,1-2H3,(H2,57,59,68)(H2,58,60,69). The normalized spacial score (nSPS) is 11.5. The van der Waals surface area contributed by atoms with Crippen LogP contribution >= 0.6 is 24.4 Å². The molecule has 0 radical (unpaired) electrons. The van der Waals surface area contributed by atoms with Crippen LogP contribution in [0.15, 0.2) is 146 Å². The third-order valence-electron chi connectivity index (χ3n) is 12.1. The molecular weight excluding hydrogens is 905 g/mol. The van der Waals surface area contributed by atoms with Gasteiger partial charge in [-0.05, 0) is 115 Å². The van der Waals surface area contributed by atoms with Gasteiger partial charge in [0.05, 0.1) is 53.9 Å². The molecule has 10 aromatic rings. The molecule has 0 aliphatic heterocycles. The number of thiocarbonyl (C=S) groups is 2. The lowest BCUT2D eigenvalue weighted by molar-refractivity contribution is 0.00479. The van der Waals surface area contributed by atoms with Crippen molar-refractivity contribution in [3.63, 3.8) is 0 Å². The highest BCUT2D eigenvalue weighted by Crippen LogP contribution is 2.40. The summed E-state index contributed by atoms with van der Waals surface area (Å²) in [4.78, 5) is 0. The number of rotatable bonds is 20. The Labute approximate surface area is 410 Å². The molecular formula is C56H50N4O7S2. The van der Waals surface area contributed by atoms with E-state index in [1.54, 1.807) is 14.2 Å². The molecule has 0 aromatic heterocycles. The molecule has 0 fully saturated rings. The Morgan fingerprint density at radius 1 is 0.362 bits per heavy atom. The van der Waals surface area contributed by atoms with Gasteiger partial charge in [-0.2, -0.15) is 0 Å². The topological polar surface area (TPSA) is 113 Å². The molecule has 0 unspecified atom stereocenters. The Kier molecular flexibility index (Phi) is 13.8. The SMILES string of the molecule is COc1cc(NC(=S)Nc2ccc3ccc4cccc5ccc2c3c45)ccc1OCCOCCOCCOCCOc1ccc(NC(=S)Nc2ccc3ccc4cccc5ccc2c3c45)cc1OC.